The highest BCUT2D eigenvalue weighted by Gasteiger charge is 2.13. The minimum atomic E-state index is -3.10. The number of benzene rings is 1. The van der Waals surface area contributed by atoms with Gasteiger partial charge in [-0.15, -0.1) is 0 Å². The molecule has 2 N–H and O–H groups in total. The summed E-state index contributed by atoms with van der Waals surface area (Å²) in [4.78, 5) is 0.426. The van der Waals surface area contributed by atoms with Crippen LogP contribution >= 0.6 is 0 Å². The second-order valence-corrected chi connectivity index (χ2v) is 7.35. The molecule has 3 nitrogen and oxygen atoms in total. The Balaban J connectivity index is 2.83. The van der Waals surface area contributed by atoms with Crippen LogP contribution in [-0.4, -0.2) is 20.2 Å². The van der Waals surface area contributed by atoms with Gasteiger partial charge in [-0.05, 0) is 43.4 Å². The predicted molar refractivity (Wildman–Crippen MR) is 75.3 cm³/mol. The van der Waals surface area contributed by atoms with E-state index in [9.17, 15) is 8.42 Å². The molecule has 0 amide bonds. The van der Waals surface area contributed by atoms with E-state index in [2.05, 4.69) is 6.92 Å². The van der Waals surface area contributed by atoms with E-state index in [1.807, 2.05) is 19.1 Å². The molecule has 0 bridgehead atoms. The van der Waals surface area contributed by atoms with Gasteiger partial charge in [0, 0.05) is 6.04 Å². The van der Waals surface area contributed by atoms with Crippen molar-refractivity contribution in [3.63, 3.8) is 0 Å². The molecular formula is C14H23NO2S. The molecule has 0 aliphatic carbocycles. The maximum atomic E-state index is 11.8. The third-order valence-electron chi connectivity index (χ3n) is 3.00. The summed E-state index contributed by atoms with van der Waals surface area (Å²) in [7, 11) is -3.10. The number of rotatable bonds is 6. The van der Waals surface area contributed by atoms with E-state index in [0.29, 0.717) is 10.8 Å². The summed E-state index contributed by atoms with van der Waals surface area (Å²) in [5.41, 5.74) is 6.84. The molecule has 0 fully saturated rings. The van der Waals surface area contributed by atoms with Crippen molar-refractivity contribution in [3.8, 4) is 0 Å². The molecule has 1 aromatic carbocycles. The van der Waals surface area contributed by atoms with Crippen LogP contribution in [0.3, 0.4) is 0 Å². The second-order valence-electron chi connectivity index (χ2n) is 5.07. The van der Waals surface area contributed by atoms with Crippen molar-refractivity contribution in [2.45, 2.75) is 44.6 Å². The Kier molecular flexibility index (Phi) is 5.35. The number of nitrogens with two attached hydrogens (primary N) is 1. The zero-order chi connectivity index (χ0) is 13.8. The zero-order valence-corrected chi connectivity index (χ0v) is 12.2. The van der Waals surface area contributed by atoms with Crippen LogP contribution in [-0.2, 0) is 16.3 Å². The van der Waals surface area contributed by atoms with Crippen molar-refractivity contribution in [1.82, 2.24) is 0 Å². The second kappa shape index (κ2) is 6.34. The third-order valence-corrected chi connectivity index (χ3v) is 4.73. The molecule has 2 unspecified atom stereocenters. The van der Waals surface area contributed by atoms with E-state index < -0.39 is 9.84 Å². The van der Waals surface area contributed by atoms with Crippen LogP contribution in [0.1, 0.15) is 32.8 Å². The van der Waals surface area contributed by atoms with Gasteiger partial charge in [-0.25, -0.2) is 8.42 Å². The quantitative estimate of drug-likeness (QED) is 0.862. The maximum absolute atomic E-state index is 11.8. The van der Waals surface area contributed by atoms with Crippen LogP contribution in [0.25, 0.3) is 0 Å². The molecule has 2 atom stereocenters. The molecule has 0 saturated carbocycles. The van der Waals surface area contributed by atoms with E-state index in [1.165, 1.54) is 0 Å². The lowest BCUT2D eigenvalue weighted by molar-refractivity contribution is 0.479. The Morgan fingerprint density at radius 2 is 1.94 bits per heavy atom. The molecule has 0 aliphatic rings. The zero-order valence-electron chi connectivity index (χ0n) is 11.4. The normalized spacial score (nSPS) is 15.3. The highest BCUT2D eigenvalue weighted by Crippen LogP contribution is 2.17. The van der Waals surface area contributed by atoms with Crippen LogP contribution in [0.4, 0.5) is 0 Å². The first-order chi connectivity index (χ1) is 8.35. The van der Waals surface area contributed by atoms with Gasteiger partial charge in [0.1, 0.15) is 0 Å². The third kappa shape index (κ3) is 4.42. The van der Waals surface area contributed by atoms with Gasteiger partial charge >= 0.3 is 0 Å². The summed E-state index contributed by atoms with van der Waals surface area (Å²) in [6, 6.07) is 7.43. The van der Waals surface area contributed by atoms with E-state index in [4.69, 9.17) is 5.73 Å². The molecule has 0 radical (unpaired) electrons. The smallest absolute Gasteiger partial charge is 0.178 e. The van der Waals surface area contributed by atoms with Crippen molar-refractivity contribution in [3.05, 3.63) is 29.8 Å². The lowest BCUT2D eigenvalue weighted by Gasteiger charge is -2.14. The predicted octanol–water partition coefficient (Wildman–Crippen LogP) is 2.40. The topological polar surface area (TPSA) is 60.2 Å². The van der Waals surface area contributed by atoms with E-state index >= 15 is 0 Å². The molecule has 1 rings (SSSR count). The fraction of sp³-hybridized carbons (Fsp3) is 0.571. The van der Waals surface area contributed by atoms with Crippen molar-refractivity contribution < 1.29 is 8.42 Å². The average molecular weight is 269 g/mol. The Morgan fingerprint density at radius 1 is 1.28 bits per heavy atom. The minimum absolute atomic E-state index is 0.145. The average Bonchev–Trinajstić information content (AvgIpc) is 2.28. The molecule has 0 aliphatic heterocycles. The molecule has 18 heavy (non-hydrogen) atoms. The molecule has 1 aromatic rings. The molecule has 0 saturated heterocycles. The van der Waals surface area contributed by atoms with Gasteiger partial charge in [-0.3, -0.25) is 0 Å². The van der Waals surface area contributed by atoms with Crippen LogP contribution in [0, 0.1) is 5.92 Å². The number of sulfone groups is 1. The van der Waals surface area contributed by atoms with Gasteiger partial charge in [0.25, 0.3) is 0 Å². The standard InChI is InChI=1S/C14H23NO2S/c1-4-18(16,17)14-7-5-6-13(10-14)9-11(2)8-12(3)15/h5-7,10-12H,4,8-9,15H2,1-3H3. The van der Waals surface area contributed by atoms with Crippen LogP contribution in [0.5, 0.6) is 0 Å². The lowest BCUT2D eigenvalue weighted by Crippen LogP contribution is -2.19. The summed E-state index contributed by atoms with van der Waals surface area (Å²) in [6.45, 7) is 5.81. The van der Waals surface area contributed by atoms with E-state index in [1.54, 1.807) is 19.1 Å². The van der Waals surface area contributed by atoms with Crippen molar-refractivity contribution in [2.75, 3.05) is 5.75 Å². The fourth-order valence-corrected chi connectivity index (χ4v) is 3.10. The molecule has 4 heteroatoms. The summed E-state index contributed by atoms with van der Waals surface area (Å²) in [6.07, 6.45) is 1.82. The minimum Gasteiger partial charge on any atom is -0.328 e. The van der Waals surface area contributed by atoms with Gasteiger partial charge in [0.15, 0.2) is 9.84 Å². The van der Waals surface area contributed by atoms with Crippen molar-refractivity contribution >= 4 is 9.84 Å². The van der Waals surface area contributed by atoms with Gasteiger partial charge < -0.3 is 5.73 Å². The van der Waals surface area contributed by atoms with Crippen molar-refractivity contribution in [2.24, 2.45) is 11.7 Å². The lowest BCUT2D eigenvalue weighted by atomic mass is 9.95. The molecule has 102 valence electrons. The van der Waals surface area contributed by atoms with Crippen LogP contribution in [0.15, 0.2) is 29.2 Å². The first kappa shape index (κ1) is 15.2. The maximum Gasteiger partial charge on any atom is 0.178 e. The summed E-state index contributed by atoms with van der Waals surface area (Å²) >= 11 is 0. The Bertz CT molecular complexity index is 480. The first-order valence-electron chi connectivity index (χ1n) is 6.42. The van der Waals surface area contributed by atoms with Gasteiger partial charge in [0.2, 0.25) is 0 Å². The Morgan fingerprint density at radius 3 is 2.50 bits per heavy atom. The number of hydrogen-bond donors (Lipinski definition) is 1. The number of hydrogen-bond acceptors (Lipinski definition) is 3. The van der Waals surface area contributed by atoms with Gasteiger partial charge in [0.05, 0.1) is 10.6 Å². The highest BCUT2D eigenvalue weighted by molar-refractivity contribution is 7.91. The van der Waals surface area contributed by atoms with E-state index in [-0.39, 0.29) is 11.8 Å². The first-order valence-corrected chi connectivity index (χ1v) is 8.07. The monoisotopic (exact) mass is 269 g/mol. The summed E-state index contributed by atoms with van der Waals surface area (Å²) < 4.78 is 23.6. The Hall–Kier alpha value is -0.870. The van der Waals surface area contributed by atoms with Crippen molar-refractivity contribution in [1.29, 1.82) is 0 Å². The van der Waals surface area contributed by atoms with Gasteiger partial charge in [-0.1, -0.05) is 26.0 Å². The van der Waals surface area contributed by atoms with Crippen LogP contribution < -0.4 is 5.73 Å². The molecule has 0 heterocycles. The van der Waals surface area contributed by atoms with Gasteiger partial charge in [-0.2, -0.15) is 0 Å². The summed E-state index contributed by atoms with van der Waals surface area (Å²) in [5, 5.41) is 0. The highest BCUT2D eigenvalue weighted by atomic mass is 32.2. The molecule has 0 aromatic heterocycles. The largest absolute Gasteiger partial charge is 0.328 e. The molecule has 0 spiro atoms. The molecular weight excluding hydrogens is 246 g/mol. The SMILES string of the molecule is CCS(=O)(=O)c1cccc(CC(C)CC(C)N)c1. The fourth-order valence-electron chi connectivity index (χ4n) is 2.15. The summed E-state index contributed by atoms with van der Waals surface area (Å²) in [5.74, 6) is 0.607. The van der Waals surface area contributed by atoms with Crippen LogP contribution in [0.2, 0.25) is 0 Å². The Labute approximate surface area is 110 Å². The van der Waals surface area contributed by atoms with E-state index in [0.717, 1.165) is 18.4 Å².